The number of phenols is 1. The average molecular weight is 292 g/mol. The first kappa shape index (κ1) is 14.2. The lowest BCUT2D eigenvalue weighted by Crippen LogP contribution is -1.98. The van der Waals surface area contributed by atoms with Crippen LogP contribution in [0.25, 0.3) is 0 Å². The Bertz CT molecular complexity index is 706. The van der Waals surface area contributed by atoms with Crippen molar-refractivity contribution in [2.75, 3.05) is 0 Å². The molecule has 0 unspecified atom stereocenters. The van der Waals surface area contributed by atoms with Crippen LogP contribution in [0, 0.1) is 5.92 Å². The van der Waals surface area contributed by atoms with Gasteiger partial charge in [-0.15, -0.1) is 0 Å². The summed E-state index contributed by atoms with van der Waals surface area (Å²) in [4.78, 5) is -0.317. The van der Waals surface area contributed by atoms with Crippen LogP contribution < -0.4 is 0 Å². The van der Waals surface area contributed by atoms with E-state index < -0.39 is 10.1 Å². The van der Waals surface area contributed by atoms with E-state index >= 15 is 0 Å². The molecule has 0 heterocycles. The molecule has 0 radical (unpaired) electrons. The molecule has 7 heteroatoms. The maximum Gasteiger partial charge on any atom is 0.294 e. The van der Waals surface area contributed by atoms with E-state index in [-0.39, 0.29) is 22.1 Å². The zero-order valence-electron chi connectivity index (χ0n) is 10.3. The zero-order valence-corrected chi connectivity index (χ0v) is 11.1. The Morgan fingerprint density at radius 1 is 1.15 bits per heavy atom. The van der Waals surface area contributed by atoms with E-state index in [2.05, 4.69) is 10.2 Å². The summed E-state index contributed by atoms with van der Waals surface area (Å²) in [5.41, 5.74) is 0.148. The Balaban J connectivity index is 2.16. The van der Waals surface area contributed by atoms with E-state index in [1.54, 1.807) is 6.21 Å². The van der Waals surface area contributed by atoms with Crippen molar-refractivity contribution in [2.45, 2.75) is 4.90 Å². The Kier molecular flexibility index (Phi) is 4.11. The van der Waals surface area contributed by atoms with Gasteiger partial charge in [0.05, 0.1) is 11.1 Å². The summed E-state index contributed by atoms with van der Waals surface area (Å²) >= 11 is 0. The number of benzene rings is 1. The number of allylic oxidation sites excluding steroid dienone is 4. The molecule has 104 valence electrons. The van der Waals surface area contributed by atoms with Crippen LogP contribution in [-0.2, 0) is 10.1 Å². The van der Waals surface area contributed by atoms with Crippen LogP contribution in [0.2, 0.25) is 0 Å². The lowest BCUT2D eigenvalue weighted by Gasteiger charge is -2.01. The maximum absolute atomic E-state index is 11.0. The van der Waals surface area contributed by atoms with Gasteiger partial charge in [0, 0.05) is 17.7 Å². The summed E-state index contributed by atoms with van der Waals surface area (Å²) in [6, 6.07) is 3.37. The second-order valence-electron chi connectivity index (χ2n) is 4.05. The topological polar surface area (TPSA) is 99.3 Å². The van der Waals surface area contributed by atoms with Crippen LogP contribution in [0.1, 0.15) is 5.56 Å². The third kappa shape index (κ3) is 3.62. The summed E-state index contributed by atoms with van der Waals surface area (Å²) in [7, 11) is -4.32. The van der Waals surface area contributed by atoms with Gasteiger partial charge in [-0.2, -0.15) is 18.6 Å². The van der Waals surface area contributed by atoms with Crippen molar-refractivity contribution in [3.63, 3.8) is 0 Å². The minimum absolute atomic E-state index is 0.0879. The van der Waals surface area contributed by atoms with E-state index in [9.17, 15) is 13.5 Å². The van der Waals surface area contributed by atoms with Crippen molar-refractivity contribution in [1.82, 2.24) is 0 Å². The molecule has 1 aromatic rings. The monoisotopic (exact) mass is 292 g/mol. The summed E-state index contributed by atoms with van der Waals surface area (Å²) in [5.74, 6) is -0.0677. The third-order valence-electron chi connectivity index (χ3n) is 2.58. The molecular weight excluding hydrogens is 280 g/mol. The first-order chi connectivity index (χ1) is 9.47. The van der Waals surface area contributed by atoms with Gasteiger partial charge >= 0.3 is 0 Å². The first-order valence-corrected chi connectivity index (χ1v) is 7.13. The van der Waals surface area contributed by atoms with Crippen molar-refractivity contribution in [1.29, 1.82) is 0 Å². The van der Waals surface area contributed by atoms with Gasteiger partial charge in [-0.25, -0.2) is 0 Å². The molecule has 0 amide bonds. The SMILES string of the molecule is O=S(=O)(O)c1ccc(O)c(/C=N\N=C/C2C=CC=C2)c1. The summed E-state index contributed by atoms with van der Waals surface area (Å²) in [6.07, 6.45) is 10.4. The van der Waals surface area contributed by atoms with Crippen molar-refractivity contribution in [3.05, 3.63) is 48.1 Å². The van der Waals surface area contributed by atoms with E-state index in [1.807, 2.05) is 24.3 Å². The molecule has 20 heavy (non-hydrogen) atoms. The molecule has 0 saturated heterocycles. The van der Waals surface area contributed by atoms with E-state index in [0.717, 1.165) is 18.2 Å². The second-order valence-corrected chi connectivity index (χ2v) is 5.47. The summed E-state index contributed by atoms with van der Waals surface area (Å²) < 4.78 is 30.9. The summed E-state index contributed by atoms with van der Waals surface area (Å²) in [6.45, 7) is 0. The van der Waals surface area contributed by atoms with Crippen molar-refractivity contribution >= 4 is 22.5 Å². The van der Waals surface area contributed by atoms with Crippen LogP contribution in [0.15, 0.2) is 57.6 Å². The standard InChI is InChI=1S/C13H12N2O4S/c16-13-6-5-12(20(17,18)19)7-11(13)9-15-14-8-10-3-1-2-4-10/h1-10,16H,(H,17,18,19)/b14-8-,15-9-. The highest BCUT2D eigenvalue weighted by Gasteiger charge is 2.11. The van der Waals surface area contributed by atoms with Crippen LogP contribution in [0.5, 0.6) is 5.75 Å². The van der Waals surface area contributed by atoms with Crippen molar-refractivity contribution in [2.24, 2.45) is 16.1 Å². The van der Waals surface area contributed by atoms with Crippen molar-refractivity contribution < 1.29 is 18.1 Å². The summed E-state index contributed by atoms with van der Waals surface area (Å²) in [5, 5.41) is 17.1. The van der Waals surface area contributed by atoms with E-state index in [0.29, 0.717) is 0 Å². The Morgan fingerprint density at radius 3 is 2.50 bits per heavy atom. The van der Waals surface area contributed by atoms with Crippen molar-refractivity contribution in [3.8, 4) is 5.75 Å². The maximum atomic E-state index is 11.0. The van der Waals surface area contributed by atoms with Crippen LogP contribution >= 0.6 is 0 Å². The number of aromatic hydroxyl groups is 1. The highest BCUT2D eigenvalue weighted by atomic mass is 32.2. The molecule has 0 aromatic heterocycles. The highest BCUT2D eigenvalue weighted by Crippen LogP contribution is 2.19. The predicted molar refractivity (Wildman–Crippen MR) is 75.8 cm³/mol. The number of phenolic OH excluding ortho intramolecular Hbond substituents is 1. The fraction of sp³-hybridized carbons (Fsp3) is 0.0769. The molecule has 1 aliphatic carbocycles. The number of nitrogens with zero attached hydrogens (tertiary/aromatic N) is 2. The normalized spacial score (nSPS) is 15.8. The molecule has 1 aliphatic rings. The van der Waals surface area contributed by atoms with Gasteiger partial charge in [-0.1, -0.05) is 24.3 Å². The molecule has 1 aromatic carbocycles. The third-order valence-corrected chi connectivity index (χ3v) is 3.43. The number of rotatable bonds is 4. The molecule has 2 rings (SSSR count). The lowest BCUT2D eigenvalue weighted by molar-refractivity contribution is 0.472. The quantitative estimate of drug-likeness (QED) is 0.502. The van der Waals surface area contributed by atoms with Crippen LogP contribution in [0.4, 0.5) is 0 Å². The lowest BCUT2D eigenvalue weighted by atomic mass is 10.2. The largest absolute Gasteiger partial charge is 0.507 e. The number of hydrogen-bond donors (Lipinski definition) is 2. The smallest absolute Gasteiger partial charge is 0.294 e. The van der Waals surface area contributed by atoms with E-state index in [1.165, 1.54) is 6.21 Å². The highest BCUT2D eigenvalue weighted by molar-refractivity contribution is 7.85. The fourth-order valence-electron chi connectivity index (χ4n) is 1.56. The molecule has 0 bridgehead atoms. The van der Waals surface area contributed by atoms with Crippen LogP contribution in [-0.4, -0.2) is 30.5 Å². The minimum atomic E-state index is -4.32. The van der Waals surface area contributed by atoms with Gasteiger partial charge in [0.2, 0.25) is 0 Å². The molecular formula is C13H12N2O4S. The molecule has 0 saturated carbocycles. The molecule has 6 nitrogen and oxygen atoms in total. The Labute approximate surface area is 116 Å². The van der Waals surface area contributed by atoms with Gasteiger partial charge in [-0.3, -0.25) is 4.55 Å². The first-order valence-electron chi connectivity index (χ1n) is 5.69. The van der Waals surface area contributed by atoms with Gasteiger partial charge in [0.15, 0.2) is 0 Å². The number of hydrogen-bond acceptors (Lipinski definition) is 5. The van der Waals surface area contributed by atoms with E-state index in [4.69, 9.17) is 4.55 Å². The zero-order chi connectivity index (χ0) is 14.6. The molecule has 0 spiro atoms. The van der Waals surface area contributed by atoms with Crippen LogP contribution in [0.3, 0.4) is 0 Å². The minimum Gasteiger partial charge on any atom is -0.507 e. The average Bonchev–Trinajstić information content (AvgIpc) is 2.88. The van der Waals surface area contributed by atoms with Gasteiger partial charge < -0.3 is 5.11 Å². The second kappa shape index (κ2) is 5.81. The molecule has 0 atom stereocenters. The Morgan fingerprint density at radius 2 is 1.85 bits per heavy atom. The predicted octanol–water partition coefficient (Wildman–Crippen LogP) is 1.79. The van der Waals surface area contributed by atoms with Gasteiger partial charge in [0.25, 0.3) is 10.1 Å². The molecule has 0 fully saturated rings. The molecule has 2 N–H and O–H groups in total. The molecule has 0 aliphatic heterocycles. The Hall–Kier alpha value is -2.25. The fourth-order valence-corrected chi connectivity index (χ4v) is 2.07. The van der Waals surface area contributed by atoms with Gasteiger partial charge in [-0.05, 0) is 18.2 Å². The van der Waals surface area contributed by atoms with Gasteiger partial charge in [0.1, 0.15) is 5.75 Å².